The number of hydrogen-bond acceptors (Lipinski definition) is 2. The molecule has 0 aromatic heterocycles. The lowest BCUT2D eigenvalue weighted by molar-refractivity contribution is -0.116. The highest BCUT2D eigenvalue weighted by molar-refractivity contribution is 14.0. The lowest BCUT2D eigenvalue weighted by Gasteiger charge is -2.19. The standard InChI is InChI=1S/C21H25ClN4O.HI/c1-14-9-10-19(17(22)13-14)25-20(27)11-12-24-21(23)26-18-8-4-6-15-5-2-3-7-16(15)18;/h4,6,8-10,13H,2-3,5,7,11-12H2,1H3,(H,25,27)(H3,23,24,26);1H. The summed E-state index contributed by atoms with van der Waals surface area (Å²) in [6.07, 6.45) is 4.85. The molecular weight excluding hydrogens is 487 g/mol. The zero-order valence-corrected chi connectivity index (χ0v) is 19.0. The van der Waals surface area contributed by atoms with Crippen molar-refractivity contribution < 1.29 is 4.79 Å². The van der Waals surface area contributed by atoms with E-state index in [1.54, 1.807) is 6.07 Å². The van der Waals surface area contributed by atoms with E-state index in [1.165, 1.54) is 24.0 Å². The molecular formula is C21H26ClIN4O. The number of anilines is 2. The van der Waals surface area contributed by atoms with Gasteiger partial charge in [0.05, 0.1) is 17.3 Å². The first-order valence-corrected chi connectivity index (χ1v) is 9.64. The maximum absolute atomic E-state index is 12.1. The molecule has 0 aliphatic heterocycles. The first kappa shape index (κ1) is 22.5. The molecule has 0 saturated carbocycles. The number of benzene rings is 2. The topological polar surface area (TPSA) is 79.5 Å². The Hall–Kier alpha value is -1.80. The Kier molecular flexibility index (Phi) is 8.57. The minimum Gasteiger partial charge on any atom is -0.370 e. The smallest absolute Gasteiger partial charge is 0.226 e. The number of guanidine groups is 1. The van der Waals surface area contributed by atoms with Gasteiger partial charge in [-0.05, 0) is 67.5 Å². The quantitative estimate of drug-likeness (QED) is 0.303. The molecule has 1 aliphatic rings. The van der Waals surface area contributed by atoms with Crippen LogP contribution < -0.4 is 16.4 Å². The van der Waals surface area contributed by atoms with Gasteiger partial charge < -0.3 is 16.4 Å². The van der Waals surface area contributed by atoms with E-state index in [0.717, 1.165) is 24.1 Å². The number of rotatable bonds is 5. The Balaban J connectivity index is 0.00000280. The molecule has 1 amide bonds. The highest BCUT2D eigenvalue weighted by Gasteiger charge is 2.13. The molecule has 0 atom stereocenters. The van der Waals surface area contributed by atoms with Gasteiger partial charge in [-0.2, -0.15) is 0 Å². The summed E-state index contributed by atoms with van der Waals surface area (Å²) < 4.78 is 0. The lowest BCUT2D eigenvalue weighted by atomic mass is 9.90. The van der Waals surface area contributed by atoms with Crippen molar-refractivity contribution in [3.8, 4) is 0 Å². The van der Waals surface area contributed by atoms with Gasteiger partial charge in [0.1, 0.15) is 0 Å². The van der Waals surface area contributed by atoms with Crippen molar-refractivity contribution in [2.75, 3.05) is 17.2 Å². The third-order valence-corrected chi connectivity index (χ3v) is 4.99. The Bertz CT molecular complexity index is 869. The Labute approximate surface area is 188 Å². The van der Waals surface area contributed by atoms with E-state index in [0.29, 0.717) is 23.2 Å². The van der Waals surface area contributed by atoms with Crippen LogP contribution in [0.15, 0.2) is 41.4 Å². The average molecular weight is 513 g/mol. The summed E-state index contributed by atoms with van der Waals surface area (Å²) in [5.74, 6) is 0.185. The number of fused-ring (bicyclic) bond motifs is 1. The van der Waals surface area contributed by atoms with Crippen LogP contribution in [0, 0.1) is 6.92 Å². The Morgan fingerprint density at radius 3 is 2.71 bits per heavy atom. The molecule has 0 saturated heterocycles. The van der Waals surface area contributed by atoms with E-state index in [4.69, 9.17) is 17.3 Å². The van der Waals surface area contributed by atoms with Gasteiger partial charge in [-0.3, -0.25) is 9.79 Å². The number of carbonyl (C=O) groups excluding carboxylic acids is 1. The van der Waals surface area contributed by atoms with Crippen molar-refractivity contribution in [1.82, 2.24) is 0 Å². The third kappa shape index (κ3) is 6.10. The SMILES string of the molecule is Cc1ccc(NC(=O)CCN=C(N)Nc2cccc3c2CCCC3)c(Cl)c1.I. The zero-order valence-electron chi connectivity index (χ0n) is 15.9. The van der Waals surface area contributed by atoms with E-state index in [1.807, 2.05) is 31.2 Å². The van der Waals surface area contributed by atoms with Gasteiger partial charge in [-0.1, -0.05) is 29.8 Å². The molecule has 150 valence electrons. The second kappa shape index (κ2) is 10.7. The van der Waals surface area contributed by atoms with Crippen molar-refractivity contribution in [1.29, 1.82) is 0 Å². The van der Waals surface area contributed by atoms with Crippen molar-refractivity contribution >= 4 is 58.8 Å². The predicted molar refractivity (Wildman–Crippen MR) is 128 cm³/mol. The molecule has 0 radical (unpaired) electrons. The van der Waals surface area contributed by atoms with Crippen LogP contribution in [0.3, 0.4) is 0 Å². The normalized spacial score (nSPS) is 13.3. The van der Waals surface area contributed by atoms with Crippen LogP contribution in [0.1, 0.15) is 36.0 Å². The first-order chi connectivity index (χ1) is 13.0. The molecule has 7 heteroatoms. The zero-order chi connectivity index (χ0) is 19.2. The second-order valence-corrected chi connectivity index (χ2v) is 7.23. The molecule has 28 heavy (non-hydrogen) atoms. The van der Waals surface area contributed by atoms with Crippen LogP contribution in [0.25, 0.3) is 0 Å². The van der Waals surface area contributed by atoms with E-state index in [-0.39, 0.29) is 36.3 Å². The summed E-state index contributed by atoms with van der Waals surface area (Å²) >= 11 is 6.13. The maximum atomic E-state index is 12.1. The molecule has 0 unspecified atom stereocenters. The van der Waals surface area contributed by atoms with Crippen molar-refractivity contribution in [2.24, 2.45) is 10.7 Å². The average Bonchev–Trinajstić information content (AvgIpc) is 2.64. The number of halogens is 2. The third-order valence-electron chi connectivity index (χ3n) is 4.68. The van der Waals surface area contributed by atoms with E-state index >= 15 is 0 Å². The molecule has 0 heterocycles. The van der Waals surface area contributed by atoms with Gasteiger partial charge in [0.2, 0.25) is 5.91 Å². The molecule has 2 aromatic rings. The van der Waals surface area contributed by atoms with Crippen molar-refractivity contribution in [3.05, 3.63) is 58.1 Å². The monoisotopic (exact) mass is 512 g/mol. The molecule has 5 nitrogen and oxygen atoms in total. The van der Waals surface area contributed by atoms with Crippen LogP contribution in [0.5, 0.6) is 0 Å². The second-order valence-electron chi connectivity index (χ2n) is 6.82. The van der Waals surface area contributed by atoms with Crippen LogP contribution in [-0.4, -0.2) is 18.4 Å². The minimum atomic E-state index is -0.144. The number of aryl methyl sites for hydroxylation is 2. The molecule has 0 fully saturated rings. The van der Waals surface area contributed by atoms with Gasteiger partial charge in [-0.15, -0.1) is 24.0 Å². The summed E-state index contributed by atoms with van der Waals surface area (Å²) in [4.78, 5) is 16.4. The number of nitrogens with two attached hydrogens (primary N) is 1. The van der Waals surface area contributed by atoms with Crippen molar-refractivity contribution in [2.45, 2.75) is 39.0 Å². The summed E-state index contributed by atoms with van der Waals surface area (Å²) in [6.45, 7) is 2.26. The summed E-state index contributed by atoms with van der Waals surface area (Å²) in [6, 6.07) is 11.8. The van der Waals surface area contributed by atoms with Crippen LogP contribution >= 0.6 is 35.6 Å². The number of nitrogens with one attached hydrogen (secondary N) is 2. The van der Waals surface area contributed by atoms with Crippen LogP contribution in [0.4, 0.5) is 11.4 Å². The predicted octanol–water partition coefficient (Wildman–Crippen LogP) is 4.90. The summed E-state index contributed by atoms with van der Waals surface area (Å²) in [5.41, 5.74) is 11.4. The van der Waals surface area contributed by atoms with Crippen LogP contribution in [0.2, 0.25) is 5.02 Å². The lowest BCUT2D eigenvalue weighted by Crippen LogP contribution is -2.25. The van der Waals surface area contributed by atoms with Gasteiger partial charge >= 0.3 is 0 Å². The molecule has 2 aromatic carbocycles. The van der Waals surface area contributed by atoms with E-state index in [9.17, 15) is 4.79 Å². The highest BCUT2D eigenvalue weighted by Crippen LogP contribution is 2.27. The number of amides is 1. The number of hydrogen-bond donors (Lipinski definition) is 3. The van der Waals surface area contributed by atoms with Gasteiger partial charge in [-0.25, -0.2) is 0 Å². The van der Waals surface area contributed by atoms with E-state index in [2.05, 4.69) is 21.7 Å². The highest BCUT2D eigenvalue weighted by atomic mass is 127. The Morgan fingerprint density at radius 1 is 1.14 bits per heavy atom. The molecule has 0 bridgehead atoms. The van der Waals surface area contributed by atoms with Crippen molar-refractivity contribution in [3.63, 3.8) is 0 Å². The number of nitrogens with zero attached hydrogens (tertiary/aromatic N) is 1. The molecule has 3 rings (SSSR count). The summed E-state index contributed by atoms with van der Waals surface area (Å²) in [7, 11) is 0. The van der Waals surface area contributed by atoms with Gasteiger partial charge in [0.25, 0.3) is 0 Å². The van der Waals surface area contributed by atoms with Gasteiger partial charge in [0.15, 0.2) is 5.96 Å². The maximum Gasteiger partial charge on any atom is 0.226 e. The molecule has 4 N–H and O–H groups in total. The number of carbonyl (C=O) groups is 1. The van der Waals surface area contributed by atoms with Gasteiger partial charge in [0, 0.05) is 12.1 Å². The minimum absolute atomic E-state index is 0. The Morgan fingerprint density at radius 2 is 1.93 bits per heavy atom. The fraction of sp³-hybridized carbons (Fsp3) is 0.333. The van der Waals surface area contributed by atoms with E-state index < -0.39 is 0 Å². The largest absolute Gasteiger partial charge is 0.370 e. The molecule has 0 spiro atoms. The molecule has 1 aliphatic carbocycles. The van der Waals surface area contributed by atoms with Crippen LogP contribution in [-0.2, 0) is 17.6 Å². The summed E-state index contributed by atoms with van der Waals surface area (Å²) in [5, 5.41) is 6.51. The first-order valence-electron chi connectivity index (χ1n) is 9.26. The number of aliphatic imine (C=N–C) groups is 1. The fourth-order valence-electron chi connectivity index (χ4n) is 3.29. The fourth-order valence-corrected chi connectivity index (χ4v) is 3.57.